The standard InChI is InChI=1S/C10H15O3PS/c1-8-6-4-5-7-9(8)10(2,3)13-14(11,12)15/h4-7H,1-3H3,(H2,11,12,15). The van der Waals surface area contributed by atoms with Crippen LogP contribution in [-0.4, -0.2) is 9.79 Å². The monoisotopic (exact) mass is 246 g/mol. The van der Waals surface area contributed by atoms with Gasteiger partial charge in [-0.05, 0) is 43.7 Å². The Bertz CT molecular complexity index is 397. The zero-order chi connectivity index (χ0) is 11.7. The van der Waals surface area contributed by atoms with Crippen molar-refractivity contribution in [2.45, 2.75) is 26.4 Å². The maximum atomic E-state index is 9.16. The first-order valence-corrected chi connectivity index (χ1v) is 7.17. The van der Waals surface area contributed by atoms with Crippen LogP contribution in [0.3, 0.4) is 0 Å². The number of aryl methyl sites for hydroxylation is 1. The Morgan fingerprint density at radius 1 is 1.27 bits per heavy atom. The minimum Gasteiger partial charge on any atom is -0.325 e. The molecule has 84 valence electrons. The third-order valence-corrected chi connectivity index (χ3v) is 3.06. The molecule has 0 saturated carbocycles. The van der Waals surface area contributed by atoms with Crippen LogP contribution in [-0.2, 0) is 21.9 Å². The molecule has 0 atom stereocenters. The highest BCUT2D eigenvalue weighted by molar-refractivity contribution is 8.06. The summed E-state index contributed by atoms with van der Waals surface area (Å²) in [6.07, 6.45) is 0. The SMILES string of the molecule is Cc1ccccc1C(C)(C)OP(O)(O)=S. The van der Waals surface area contributed by atoms with Crippen molar-refractivity contribution in [3.05, 3.63) is 35.4 Å². The fourth-order valence-electron chi connectivity index (χ4n) is 1.59. The summed E-state index contributed by atoms with van der Waals surface area (Å²) in [6, 6.07) is 7.63. The molecule has 3 nitrogen and oxygen atoms in total. The van der Waals surface area contributed by atoms with Gasteiger partial charge in [-0.3, -0.25) is 4.52 Å². The van der Waals surface area contributed by atoms with Crippen molar-refractivity contribution in [1.29, 1.82) is 0 Å². The van der Waals surface area contributed by atoms with Crippen molar-refractivity contribution in [2.24, 2.45) is 0 Å². The lowest BCUT2D eigenvalue weighted by Gasteiger charge is -2.28. The summed E-state index contributed by atoms with van der Waals surface area (Å²) in [7, 11) is 0. The van der Waals surface area contributed by atoms with Gasteiger partial charge in [-0.15, -0.1) is 0 Å². The summed E-state index contributed by atoms with van der Waals surface area (Å²) >= 11 is 4.48. The fourth-order valence-corrected chi connectivity index (χ4v) is 2.85. The summed E-state index contributed by atoms with van der Waals surface area (Å²) < 4.78 is 5.13. The van der Waals surface area contributed by atoms with E-state index in [1.54, 1.807) is 13.8 Å². The molecule has 0 fully saturated rings. The van der Waals surface area contributed by atoms with E-state index in [1.165, 1.54) is 0 Å². The molecule has 0 aliphatic heterocycles. The molecule has 0 spiro atoms. The van der Waals surface area contributed by atoms with Crippen LogP contribution >= 0.6 is 6.72 Å². The van der Waals surface area contributed by atoms with Crippen molar-refractivity contribution >= 4 is 18.5 Å². The topological polar surface area (TPSA) is 49.7 Å². The predicted octanol–water partition coefficient (Wildman–Crippen LogP) is 2.46. The van der Waals surface area contributed by atoms with Gasteiger partial charge in [0.25, 0.3) is 0 Å². The average molecular weight is 246 g/mol. The van der Waals surface area contributed by atoms with Gasteiger partial charge in [0.15, 0.2) is 0 Å². The lowest BCUT2D eigenvalue weighted by atomic mass is 9.94. The molecule has 5 heteroatoms. The van der Waals surface area contributed by atoms with E-state index in [1.807, 2.05) is 31.2 Å². The third-order valence-electron chi connectivity index (χ3n) is 2.14. The Balaban J connectivity index is 3.06. The molecular weight excluding hydrogens is 231 g/mol. The third kappa shape index (κ3) is 3.67. The highest BCUT2D eigenvalue weighted by atomic mass is 32.5. The van der Waals surface area contributed by atoms with Gasteiger partial charge in [0.2, 0.25) is 0 Å². The van der Waals surface area contributed by atoms with Crippen molar-refractivity contribution in [3.8, 4) is 0 Å². The second-order valence-electron chi connectivity index (χ2n) is 3.91. The molecule has 2 N–H and O–H groups in total. The van der Waals surface area contributed by atoms with Crippen molar-refractivity contribution in [3.63, 3.8) is 0 Å². The summed E-state index contributed by atoms with van der Waals surface area (Å²) in [5.41, 5.74) is 1.15. The van der Waals surface area contributed by atoms with Crippen molar-refractivity contribution in [1.82, 2.24) is 0 Å². The van der Waals surface area contributed by atoms with Crippen LogP contribution in [0.1, 0.15) is 25.0 Å². The van der Waals surface area contributed by atoms with Gasteiger partial charge in [-0.2, -0.15) is 0 Å². The molecule has 15 heavy (non-hydrogen) atoms. The van der Waals surface area contributed by atoms with Gasteiger partial charge < -0.3 is 9.79 Å². The minimum absolute atomic E-state index is 0.787. The summed E-state index contributed by atoms with van der Waals surface area (Å²) in [5, 5.41) is 0. The van der Waals surface area contributed by atoms with E-state index in [-0.39, 0.29) is 0 Å². The molecule has 1 rings (SSSR count). The number of hydrogen-bond acceptors (Lipinski definition) is 2. The van der Waals surface area contributed by atoms with Crippen molar-refractivity contribution < 1.29 is 14.3 Å². The molecule has 0 saturated heterocycles. The van der Waals surface area contributed by atoms with Crippen molar-refractivity contribution in [2.75, 3.05) is 0 Å². The molecule has 0 aromatic heterocycles. The van der Waals surface area contributed by atoms with E-state index < -0.39 is 12.3 Å². The van der Waals surface area contributed by atoms with Gasteiger partial charge in [-0.1, -0.05) is 24.3 Å². The summed E-state index contributed by atoms with van der Waals surface area (Å²) in [4.78, 5) is 18.3. The quantitative estimate of drug-likeness (QED) is 0.804. The van der Waals surface area contributed by atoms with E-state index in [9.17, 15) is 0 Å². The molecule has 0 aliphatic rings. The van der Waals surface area contributed by atoms with Crippen LogP contribution in [0, 0.1) is 6.92 Å². The average Bonchev–Trinajstić information content (AvgIpc) is 1.99. The highest BCUT2D eigenvalue weighted by Gasteiger charge is 2.28. The van der Waals surface area contributed by atoms with E-state index >= 15 is 0 Å². The summed E-state index contributed by atoms with van der Waals surface area (Å²) in [6.45, 7) is 1.84. The van der Waals surface area contributed by atoms with Crippen LogP contribution in [0.15, 0.2) is 24.3 Å². The highest BCUT2D eigenvalue weighted by Crippen LogP contribution is 2.45. The Hall–Kier alpha value is -0.250. The Morgan fingerprint density at radius 2 is 1.80 bits per heavy atom. The first-order chi connectivity index (χ1) is 6.72. The number of rotatable bonds is 3. The lowest BCUT2D eigenvalue weighted by molar-refractivity contribution is 0.0867. The Morgan fingerprint density at radius 3 is 2.27 bits per heavy atom. The van der Waals surface area contributed by atoms with Gasteiger partial charge in [0.05, 0.1) is 5.60 Å². The zero-order valence-corrected chi connectivity index (χ0v) is 10.7. The maximum absolute atomic E-state index is 9.16. The largest absolute Gasteiger partial charge is 0.325 e. The first-order valence-electron chi connectivity index (χ1n) is 4.55. The van der Waals surface area contributed by atoms with Crippen LogP contribution in [0.4, 0.5) is 0 Å². The van der Waals surface area contributed by atoms with Crippen LogP contribution < -0.4 is 0 Å². The molecule has 0 aliphatic carbocycles. The van der Waals surface area contributed by atoms with E-state index in [4.69, 9.17) is 14.3 Å². The Kier molecular flexibility index (Phi) is 3.69. The van der Waals surface area contributed by atoms with Gasteiger partial charge in [0.1, 0.15) is 0 Å². The van der Waals surface area contributed by atoms with Crippen LogP contribution in [0.25, 0.3) is 0 Å². The molecule has 0 heterocycles. The normalized spacial score (nSPS) is 12.9. The fraction of sp³-hybridized carbons (Fsp3) is 0.400. The minimum atomic E-state index is -3.64. The number of hydrogen-bond donors (Lipinski definition) is 2. The predicted molar refractivity (Wildman–Crippen MR) is 64.0 cm³/mol. The van der Waals surface area contributed by atoms with Crippen LogP contribution in [0.2, 0.25) is 0 Å². The lowest BCUT2D eigenvalue weighted by Crippen LogP contribution is -2.21. The molecule has 1 aromatic rings. The van der Waals surface area contributed by atoms with Gasteiger partial charge in [0, 0.05) is 0 Å². The molecule has 0 bridgehead atoms. The molecular formula is C10H15O3PS. The molecule has 1 aromatic carbocycles. The second kappa shape index (κ2) is 4.32. The molecule has 0 unspecified atom stereocenters. The van der Waals surface area contributed by atoms with E-state index in [0.29, 0.717) is 0 Å². The van der Waals surface area contributed by atoms with Crippen LogP contribution in [0.5, 0.6) is 0 Å². The first kappa shape index (κ1) is 12.8. The second-order valence-corrected chi connectivity index (χ2v) is 6.50. The Labute approximate surface area is 95.0 Å². The van der Waals surface area contributed by atoms with E-state index in [2.05, 4.69) is 11.8 Å². The molecule has 0 radical (unpaired) electrons. The zero-order valence-electron chi connectivity index (χ0n) is 8.97. The maximum Gasteiger partial charge on any atom is 0.322 e. The molecule has 0 amide bonds. The van der Waals surface area contributed by atoms with E-state index in [0.717, 1.165) is 11.1 Å². The number of benzene rings is 1. The summed E-state index contributed by atoms with van der Waals surface area (Å²) in [5.74, 6) is 0. The van der Waals surface area contributed by atoms with Gasteiger partial charge in [-0.25, -0.2) is 0 Å². The van der Waals surface area contributed by atoms with Gasteiger partial charge >= 0.3 is 6.72 Å². The smallest absolute Gasteiger partial charge is 0.322 e.